The number of piperidine rings is 1. The summed E-state index contributed by atoms with van der Waals surface area (Å²) in [6.07, 6.45) is 4.83. The zero-order chi connectivity index (χ0) is 24.3. The molecule has 184 valence electrons. The van der Waals surface area contributed by atoms with Gasteiger partial charge in [0.15, 0.2) is 10.7 Å². The number of piperazine rings is 1. The number of carbonyl (C=O) groups is 1. The smallest absolute Gasteiger partial charge is 0.248 e. The standard InChI is InChI=1S/C25H34N4O4S/c1-4-27-14-16-28(17-15-27)25(30)22-6-5-13-29(18-22)34(31,32)24-20(3)26-33-23(24)12-11-21-9-7-19(2)8-10-21/h7-12,22H,4-6,13-18H2,1-3H3/b12-11+/t22-/m0/s1. The van der Waals surface area contributed by atoms with Crippen molar-refractivity contribution in [3.05, 3.63) is 46.8 Å². The van der Waals surface area contributed by atoms with Gasteiger partial charge in [-0.15, -0.1) is 0 Å². The van der Waals surface area contributed by atoms with Crippen molar-refractivity contribution in [3.8, 4) is 0 Å². The van der Waals surface area contributed by atoms with Crippen LogP contribution in [0.4, 0.5) is 0 Å². The van der Waals surface area contributed by atoms with Crippen LogP contribution in [0.1, 0.15) is 42.3 Å². The minimum Gasteiger partial charge on any atom is -0.355 e. The van der Waals surface area contributed by atoms with E-state index in [1.807, 2.05) is 42.2 Å². The third kappa shape index (κ3) is 5.26. The Morgan fingerprint density at radius 1 is 1.09 bits per heavy atom. The van der Waals surface area contributed by atoms with Gasteiger partial charge in [-0.1, -0.05) is 48.0 Å². The van der Waals surface area contributed by atoms with Crippen LogP contribution in [-0.4, -0.2) is 79.4 Å². The molecule has 2 aliphatic rings. The molecule has 2 saturated heterocycles. The molecule has 34 heavy (non-hydrogen) atoms. The number of carbonyl (C=O) groups excluding carboxylic acids is 1. The van der Waals surface area contributed by atoms with E-state index in [9.17, 15) is 13.2 Å². The van der Waals surface area contributed by atoms with Gasteiger partial charge in [0.05, 0.1) is 5.92 Å². The third-order valence-electron chi connectivity index (χ3n) is 6.80. The van der Waals surface area contributed by atoms with Crippen LogP contribution in [0.25, 0.3) is 12.2 Å². The first kappa shape index (κ1) is 24.6. The maximum Gasteiger partial charge on any atom is 0.248 e. The van der Waals surface area contributed by atoms with Crippen LogP contribution >= 0.6 is 0 Å². The lowest BCUT2D eigenvalue weighted by molar-refractivity contribution is -0.138. The molecule has 8 nitrogen and oxygen atoms in total. The van der Waals surface area contributed by atoms with E-state index in [0.717, 1.165) is 30.8 Å². The second kappa shape index (κ2) is 10.4. The number of sulfonamides is 1. The fraction of sp³-hybridized carbons (Fsp3) is 0.520. The summed E-state index contributed by atoms with van der Waals surface area (Å²) in [4.78, 5) is 17.5. The van der Waals surface area contributed by atoms with Crippen LogP contribution in [0, 0.1) is 19.8 Å². The van der Waals surface area contributed by atoms with Crippen LogP contribution in [0.5, 0.6) is 0 Å². The monoisotopic (exact) mass is 486 g/mol. The molecule has 2 fully saturated rings. The maximum absolute atomic E-state index is 13.6. The highest BCUT2D eigenvalue weighted by molar-refractivity contribution is 7.89. The van der Waals surface area contributed by atoms with Gasteiger partial charge < -0.3 is 14.3 Å². The van der Waals surface area contributed by atoms with E-state index in [0.29, 0.717) is 38.2 Å². The molecule has 0 spiro atoms. The highest BCUT2D eigenvalue weighted by Crippen LogP contribution is 2.30. The fourth-order valence-corrected chi connectivity index (χ4v) is 6.46. The highest BCUT2D eigenvalue weighted by Gasteiger charge is 2.38. The van der Waals surface area contributed by atoms with Crippen LogP contribution < -0.4 is 0 Å². The van der Waals surface area contributed by atoms with E-state index in [-0.39, 0.29) is 29.0 Å². The second-order valence-corrected chi connectivity index (χ2v) is 11.0. The van der Waals surface area contributed by atoms with E-state index in [1.54, 1.807) is 13.0 Å². The number of aryl methyl sites for hydroxylation is 2. The van der Waals surface area contributed by atoms with Gasteiger partial charge in [0, 0.05) is 39.3 Å². The van der Waals surface area contributed by atoms with Gasteiger partial charge in [0.1, 0.15) is 5.69 Å². The number of hydrogen-bond acceptors (Lipinski definition) is 6. The minimum atomic E-state index is -3.85. The Kier molecular flexibility index (Phi) is 7.54. The van der Waals surface area contributed by atoms with Crippen molar-refractivity contribution in [2.24, 2.45) is 5.92 Å². The topological polar surface area (TPSA) is 87.0 Å². The predicted octanol–water partition coefficient (Wildman–Crippen LogP) is 3.03. The average molecular weight is 487 g/mol. The van der Waals surface area contributed by atoms with Gasteiger partial charge in [-0.05, 0) is 44.9 Å². The van der Waals surface area contributed by atoms with Gasteiger partial charge in [-0.2, -0.15) is 4.31 Å². The predicted molar refractivity (Wildman–Crippen MR) is 132 cm³/mol. The first-order valence-electron chi connectivity index (χ1n) is 12.0. The van der Waals surface area contributed by atoms with Crippen LogP contribution in [0.15, 0.2) is 33.7 Å². The number of hydrogen-bond donors (Lipinski definition) is 0. The summed E-state index contributed by atoms with van der Waals surface area (Å²) < 4.78 is 34.1. The van der Waals surface area contributed by atoms with Crippen LogP contribution in [0.2, 0.25) is 0 Å². The Balaban J connectivity index is 1.50. The molecule has 0 unspecified atom stereocenters. The second-order valence-electron chi connectivity index (χ2n) is 9.17. The van der Waals surface area contributed by atoms with Crippen molar-refractivity contribution in [1.29, 1.82) is 0 Å². The van der Waals surface area contributed by atoms with Crippen LogP contribution in [-0.2, 0) is 14.8 Å². The summed E-state index contributed by atoms with van der Waals surface area (Å²) in [5.74, 6) is -0.0391. The molecule has 0 saturated carbocycles. The number of benzene rings is 1. The normalized spacial score (nSPS) is 20.8. The quantitative estimate of drug-likeness (QED) is 0.624. The molecule has 0 radical (unpaired) electrons. The molecule has 2 aromatic rings. The molecule has 0 N–H and O–H groups in total. The van der Waals surface area contributed by atoms with Gasteiger partial charge in [0.2, 0.25) is 15.9 Å². The molecule has 4 rings (SSSR count). The fourth-order valence-electron chi connectivity index (χ4n) is 4.68. The first-order chi connectivity index (χ1) is 16.3. The molecule has 9 heteroatoms. The summed E-state index contributed by atoms with van der Waals surface area (Å²) in [5, 5.41) is 3.93. The Morgan fingerprint density at radius 2 is 1.79 bits per heavy atom. The largest absolute Gasteiger partial charge is 0.355 e. The average Bonchev–Trinajstić information content (AvgIpc) is 3.24. The number of likely N-dealkylation sites (N-methyl/N-ethyl adjacent to an activating group) is 1. The van der Waals surface area contributed by atoms with Crippen molar-refractivity contribution in [2.75, 3.05) is 45.8 Å². The summed E-state index contributed by atoms with van der Waals surface area (Å²) >= 11 is 0. The Labute approximate surface area is 202 Å². The lowest BCUT2D eigenvalue weighted by atomic mass is 9.98. The summed E-state index contributed by atoms with van der Waals surface area (Å²) in [6.45, 7) is 10.5. The van der Waals surface area contributed by atoms with Gasteiger partial charge >= 0.3 is 0 Å². The molecule has 0 aliphatic carbocycles. The number of rotatable bonds is 6. The van der Waals surface area contributed by atoms with Gasteiger partial charge in [-0.25, -0.2) is 8.42 Å². The SMILES string of the molecule is CCN1CCN(C(=O)[C@H]2CCCN(S(=O)(=O)c3c(C)noc3/C=C/c3ccc(C)cc3)C2)CC1. The number of amides is 1. The molecule has 1 atom stereocenters. The molecule has 0 bridgehead atoms. The Bertz CT molecular complexity index is 1130. The summed E-state index contributed by atoms with van der Waals surface area (Å²) in [6, 6.07) is 7.92. The maximum atomic E-state index is 13.6. The van der Waals surface area contributed by atoms with Gasteiger partial charge in [0.25, 0.3) is 0 Å². The third-order valence-corrected chi connectivity index (χ3v) is 8.82. The van der Waals surface area contributed by atoms with Crippen molar-refractivity contribution in [2.45, 2.75) is 38.5 Å². The van der Waals surface area contributed by atoms with E-state index in [1.165, 1.54) is 4.31 Å². The number of nitrogens with zero attached hydrogens (tertiary/aromatic N) is 4. The van der Waals surface area contributed by atoms with E-state index >= 15 is 0 Å². The van der Waals surface area contributed by atoms with Gasteiger partial charge in [-0.3, -0.25) is 4.79 Å². The lowest BCUT2D eigenvalue weighted by Crippen LogP contribution is -2.52. The minimum absolute atomic E-state index is 0.0668. The van der Waals surface area contributed by atoms with Crippen molar-refractivity contribution in [1.82, 2.24) is 19.3 Å². The van der Waals surface area contributed by atoms with Crippen molar-refractivity contribution in [3.63, 3.8) is 0 Å². The van der Waals surface area contributed by atoms with Crippen molar-refractivity contribution >= 4 is 28.1 Å². The molecule has 1 amide bonds. The molecule has 3 heterocycles. The highest BCUT2D eigenvalue weighted by atomic mass is 32.2. The Hall–Kier alpha value is -2.49. The van der Waals surface area contributed by atoms with E-state index in [4.69, 9.17) is 4.52 Å². The molecular formula is C25H34N4O4S. The first-order valence-corrected chi connectivity index (χ1v) is 13.5. The zero-order valence-electron chi connectivity index (χ0n) is 20.2. The molecular weight excluding hydrogens is 452 g/mol. The lowest BCUT2D eigenvalue weighted by Gasteiger charge is -2.38. The number of aromatic nitrogens is 1. The molecule has 1 aromatic heterocycles. The van der Waals surface area contributed by atoms with E-state index in [2.05, 4.69) is 17.0 Å². The molecule has 2 aliphatic heterocycles. The molecule has 1 aromatic carbocycles. The van der Waals surface area contributed by atoms with Crippen molar-refractivity contribution < 1.29 is 17.7 Å². The van der Waals surface area contributed by atoms with E-state index < -0.39 is 10.0 Å². The summed E-state index contributed by atoms with van der Waals surface area (Å²) in [7, 11) is -3.85. The summed E-state index contributed by atoms with van der Waals surface area (Å²) in [5.41, 5.74) is 2.42. The zero-order valence-corrected chi connectivity index (χ0v) is 21.1. The Morgan fingerprint density at radius 3 is 2.47 bits per heavy atom. The van der Waals surface area contributed by atoms with Crippen LogP contribution in [0.3, 0.4) is 0 Å².